The van der Waals surface area contributed by atoms with Crippen molar-refractivity contribution < 1.29 is 5.11 Å². The first-order valence-electron chi connectivity index (χ1n) is 5.11. The van der Waals surface area contributed by atoms with Crippen molar-refractivity contribution in [3.05, 3.63) is 34.9 Å². The number of rotatable bonds is 4. The zero-order valence-corrected chi connectivity index (χ0v) is 9.96. The van der Waals surface area contributed by atoms with Gasteiger partial charge in [-0.05, 0) is 31.9 Å². The van der Waals surface area contributed by atoms with Gasteiger partial charge in [-0.15, -0.1) is 0 Å². The first-order valence-corrected chi connectivity index (χ1v) is 5.48. The maximum atomic E-state index is 9.05. The van der Waals surface area contributed by atoms with E-state index >= 15 is 0 Å². The van der Waals surface area contributed by atoms with Crippen LogP contribution in [-0.4, -0.2) is 17.3 Å². The minimum atomic E-state index is -0.381. The molecule has 1 rings (SSSR count). The summed E-state index contributed by atoms with van der Waals surface area (Å²) in [5.74, 6) is 0.0798. The molecule has 0 radical (unpaired) electrons. The Balaban J connectivity index is 3.05. The lowest BCUT2D eigenvalue weighted by atomic mass is 9.80. The standard InChI is InChI=1S/C12H18ClNO/c1-12(2,14)10(7-8-15)9-5-3-4-6-11(9)13/h3-6,10,15H,7-8,14H2,1-2H3. The molecule has 0 saturated heterocycles. The number of halogens is 1. The zero-order chi connectivity index (χ0) is 11.5. The van der Waals surface area contributed by atoms with Gasteiger partial charge in [-0.1, -0.05) is 29.8 Å². The van der Waals surface area contributed by atoms with Crippen molar-refractivity contribution >= 4 is 11.6 Å². The fourth-order valence-electron chi connectivity index (χ4n) is 1.82. The number of aliphatic hydroxyl groups excluding tert-OH is 1. The molecule has 0 amide bonds. The van der Waals surface area contributed by atoms with Crippen molar-refractivity contribution in [3.8, 4) is 0 Å². The summed E-state index contributed by atoms with van der Waals surface area (Å²) in [5, 5.41) is 9.77. The second-order valence-electron chi connectivity index (χ2n) is 4.41. The lowest BCUT2D eigenvalue weighted by Crippen LogP contribution is -2.39. The van der Waals surface area contributed by atoms with Gasteiger partial charge < -0.3 is 10.8 Å². The van der Waals surface area contributed by atoms with Crippen molar-refractivity contribution in [2.24, 2.45) is 5.73 Å². The maximum absolute atomic E-state index is 9.05. The van der Waals surface area contributed by atoms with Crippen molar-refractivity contribution in [1.29, 1.82) is 0 Å². The van der Waals surface area contributed by atoms with Crippen LogP contribution in [0.4, 0.5) is 0 Å². The highest BCUT2D eigenvalue weighted by atomic mass is 35.5. The monoisotopic (exact) mass is 227 g/mol. The lowest BCUT2D eigenvalue weighted by molar-refractivity contribution is 0.250. The smallest absolute Gasteiger partial charge is 0.0441 e. The van der Waals surface area contributed by atoms with E-state index in [1.807, 2.05) is 38.1 Å². The average molecular weight is 228 g/mol. The van der Waals surface area contributed by atoms with Gasteiger partial charge in [0.2, 0.25) is 0 Å². The molecular weight excluding hydrogens is 210 g/mol. The summed E-state index contributed by atoms with van der Waals surface area (Å²) in [4.78, 5) is 0. The number of nitrogens with two attached hydrogens (primary N) is 1. The van der Waals surface area contributed by atoms with Crippen molar-refractivity contribution in [2.45, 2.75) is 31.7 Å². The Kier molecular flexibility index (Phi) is 4.14. The maximum Gasteiger partial charge on any atom is 0.0441 e. The van der Waals surface area contributed by atoms with Crippen molar-refractivity contribution in [1.82, 2.24) is 0 Å². The van der Waals surface area contributed by atoms with Crippen LogP contribution in [0.5, 0.6) is 0 Å². The molecule has 0 aliphatic heterocycles. The highest BCUT2D eigenvalue weighted by Crippen LogP contribution is 2.33. The molecule has 1 unspecified atom stereocenters. The molecule has 2 nitrogen and oxygen atoms in total. The molecule has 1 aromatic carbocycles. The fourth-order valence-corrected chi connectivity index (χ4v) is 2.08. The molecule has 0 aliphatic carbocycles. The Morgan fingerprint density at radius 3 is 2.47 bits per heavy atom. The molecule has 3 heteroatoms. The number of hydrogen-bond donors (Lipinski definition) is 2. The Labute approximate surface area is 96.1 Å². The molecule has 0 fully saturated rings. The van der Waals surface area contributed by atoms with Crippen molar-refractivity contribution in [3.63, 3.8) is 0 Å². The van der Waals surface area contributed by atoms with Gasteiger partial charge in [0.1, 0.15) is 0 Å². The topological polar surface area (TPSA) is 46.2 Å². The van der Waals surface area contributed by atoms with Crippen LogP contribution in [0.25, 0.3) is 0 Å². The summed E-state index contributed by atoms with van der Waals surface area (Å²) in [6.07, 6.45) is 0.632. The summed E-state index contributed by atoms with van der Waals surface area (Å²) < 4.78 is 0. The van der Waals surface area contributed by atoms with Gasteiger partial charge in [0, 0.05) is 23.1 Å². The number of benzene rings is 1. The third-order valence-electron chi connectivity index (χ3n) is 2.60. The van der Waals surface area contributed by atoms with Crippen LogP contribution in [0.3, 0.4) is 0 Å². The molecule has 3 N–H and O–H groups in total. The van der Waals surface area contributed by atoms with Gasteiger partial charge in [0.15, 0.2) is 0 Å². The van der Waals surface area contributed by atoms with Crippen LogP contribution in [0.1, 0.15) is 31.7 Å². The second kappa shape index (κ2) is 4.97. The SMILES string of the molecule is CC(C)(N)C(CCO)c1ccccc1Cl. The lowest BCUT2D eigenvalue weighted by Gasteiger charge is -2.31. The van der Waals surface area contributed by atoms with E-state index in [0.29, 0.717) is 6.42 Å². The molecule has 1 atom stereocenters. The third kappa shape index (κ3) is 3.20. The number of aliphatic hydroxyl groups is 1. The van der Waals surface area contributed by atoms with Gasteiger partial charge >= 0.3 is 0 Å². The summed E-state index contributed by atoms with van der Waals surface area (Å²) in [6, 6.07) is 7.66. The predicted molar refractivity (Wildman–Crippen MR) is 64.2 cm³/mol. The largest absolute Gasteiger partial charge is 0.396 e. The molecule has 0 spiro atoms. The molecule has 0 aliphatic rings. The van der Waals surface area contributed by atoms with Crippen LogP contribution in [0.15, 0.2) is 24.3 Å². The molecule has 0 saturated carbocycles. The number of hydrogen-bond acceptors (Lipinski definition) is 2. The van der Waals surface area contributed by atoms with Crippen molar-refractivity contribution in [2.75, 3.05) is 6.61 Å². The average Bonchev–Trinajstić information content (AvgIpc) is 2.14. The Morgan fingerprint density at radius 1 is 1.40 bits per heavy atom. The summed E-state index contributed by atoms with van der Waals surface area (Å²) in [5.41, 5.74) is 6.73. The quantitative estimate of drug-likeness (QED) is 0.831. The summed E-state index contributed by atoms with van der Waals surface area (Å²) in [6.45, 7) is 4.03. The van der Waals surface area contributed by atoms with Gasteiger partial charge in [0.05, 0.1) is 0 Å². The molecule has 0 heterocycles. The fraction of sp³-hybridized carbons (Fsp3) is 0.500. The Hall–Kier alpha value is -0.570. The second-order valence-corrected chi connectivity index (χ2v) is 4.81. The van der Waals surface area contributed by atoms with Gasteiger partial charge in [-0.25, -0.2) is 0 Å². The summed E-state index contributed by atoms with van der Waals surface area (Å²) >= 11 is 6.12. The molecule has 15 heavy (non-hydrogen) atoms. The van der Waals surface area contributed by atoms with Crippen LogP contribution in [0, 0.1) is 0 Å². The van der Waals surface area contributed by atoms with E-state index < -0.39 is 0 Å². The van der Waals surface area contributed by atoms with E-state index in [9.17, 15) is 0 Å². The van der Waals surface area contributed by atoms with E-state index in [0.717, 1.165) is 10.6 Å². The van der Waals surface area contributed by atoms with Crippen LogP contribution in [-0.2, 0) is 0 Å². The zero-order valence-electron chi connectivity index (χ0n) is 9.20. The van der Waals surface area contributed by atoms with E-state index in [1.54, 1.807) is 0 Å². The molecule has 0 aromatic heterocycles. The minimum Gasteiger partial charge on any atom is -0.396 e. The van der Waals surface area contributed by atoms with Gasteiger partial charge in [-0.2, -0.15) is 0 Å². The molecular formula is C12H18ClNO. The minimum absolute atomic E-state index is 0.0798. The van der Waals surface area contributed by atoms with Crippen LogP contribution < -0.4 is 5.73 Å². The molecule has 0 bridgehead atoms. The Bertz CT molecular complexity index is 320. The van der Waals surface area contributed by atoms with E-state index in [1.165, 1.54) is 0 Å². The molecule has 1 aromatic rings. The highest BCUT2D eigenvalue weighted by Gasteiger charge is 2.27. The van der Waals surface area contributed by atoms with E-state index in [4.69, 9.17) is 22.4 Å². The van der Waals surface area contributed by atoms with Gasteiger partial charge in [0.25, 0.3) is 0 Å². The first-order chi connectivity index (χ1) is 6.96. The van der Waals surface area contributed by atoms with Crippen LogP contribution in [0.2, 0.25) is 5.02 Å². The normalized spacial score (nSPS) is 13.9. The van der Waals surface area contributed by atoms with Crippen LogP contribution >= 0.6 is 11.6 Å². The Morgan fingerprint density at radius 2 is 2.00 bits per heavy atom. The van der Waals surface area contributed by atoms with Gasteiger partial charge in [-0.3, -0.25) is 0 Å². The first kappa shape index (κ1) is 12.5. The predicted octanol–water partition coefficient (Wildman–Crippen LogP) is 2.54. The van der Waals surface area contributed by atoms with E-state index in [-0.39, 0.29) is 18.1 Å². The third-order valence-corrected chi connectivity index (χ3v) is 2.94. The summed E-state index contributed by atoms with van der Waals surface area (Å²) in [7, 11) is 0. The van der Waals surface area contributed by atoms with E-state index in [2.05, 4.69) is 0 Å². The highest BCUT2D eigenvalue weighted by molar-refractivity contribution is 6.31. The molecule has 84 valence electrons.